The first-order valence-electron chi connectivity index (χ1n) is 11.5. The third-order valence-electron chi connectivity index (χ3n) is 4.17. The zero-order chi connectivity index (χ0) is 25.5. The Labute approximate surface area is 197 Å². The van der Waals surface area contributed by atoms with Crippen LogP contribution in [0.15, 0.2) is 0 Å². The molecule has 0 radical (unpaired) electrons. The largest absolute Gasteiger partial charge is 0.467 e. The third-order valence-corrected chi connectivity index (χ3v) is 4.17. The van der Waals surface area contributed by atoms with Crippen LogP contribution in [-0.2, 0) is 23.8 Å². The van der Waals surface area contributed by atoms with Gasteiger partial charge in [0.1, 0.15) is 17.2 Å². The van der Waals surface area contributed by atoms with Crippen molar-refractivity contribution in [2.75, 3.05) is 20.2 Å². The maximum Gasteiger partial charge on any atom is 0.408 e. The molecule has 0 saturated carbocycles. The van der Waals surface area contributed by atoms with E-state index in [1.807, 2.05) is 20.8 Å². The van der Waals surface area contributed by atoms with Crippen LogP contribution in [0.3, 0.4) is 0 Å². The summed E-state index contributed by atoms with van der Waals surface area (Å²) in [6, 6.07) is -0.796. The third kappa shape index (κ3) is 18.7. The van der Waals surface area contributed by atoms with E-state index in [0.717, 1.165) is 19.3 Å². The number of carbonyl (C=O) groups excluding carboxylic acids is 4. The van der Waals surface area contributed by atoms with Crippen LogP contribution in [0.5, 0.6) is 0 Å². The van der Waals surface area contributed by atoms with Gasteiger partial charge in [0.05, 0.1) is 7.11 Å². The molecule has 0 bridgehead atoms. The Bertz CT molecular complexity index is 625. The molecule has 0 aromatic rings. The molecule has 0 saturated heterocycles. The van der Waals surface area contributed by atoms with Crippen LogP contribution in [0.25, 0.3) is 0 Å². The number of hydrogen-bond donors (Lipinski definition) is 3. The van der Waals surface area contributed by atoms with Crippen molar-refractivity contribution in [3.63, 3.8) is 0 Å². The van der Waals surface area contributed by atoms with Gasteiger partial charge in [-0.05, 0) is 73.6 Å². The number of unbranched alkanes of at least 4 members (excludes halogenated alkanes) is 3. The molecule has 0 spiro atoms. The van der Waals surface area contributed by atoms with Crippen LogP contribution in [0.2, 0.25) is 0 Å². The van der Waals surface area contributed by atoms with E-state index in [2.05, 4.69) is 16.0 Å². The average Bonchev–Trinajstić information content (AvgIpc) is 2.66. The first kappa shape index (κ1) is 30.5. The highest BCUT2D eigenvalue weighted by molar-refractivity contribution is 5.81. The van der Waals surface area contributed by atoms with E-state index in [4.69, 9.17) is 14.2 Å². The van der Waals surface area contributed by atoms with E-state index in [-0.39, 0.29) is 5.91 Å². The highest BCUT2D eigenvalue weighted by Gasteiger charge is 2.24. The second-order valence-electron chi connectivity index (χ2n) is 9.81. The fraction of sp³-hybridized carbons (Fsp3) is 0.826. The minimum atomic E-state index is -0.796. The van der Waals surface area contributed by atoms with Gasteiger partial charge in [0.25, 0.3) is 0 Å². The first-order chi connectivity index (χ1) is 15.2. The van der Waals surface area contributed by atoms with Crippen LogP contribution in [0.4, 0.5) is 9.59 Å². The zero-order valence-electron chi connectivity index (χ0n) is 21.3. The quantitative estimate of drug-likeness (QED) is 0.212. The molecular weight excluding hydrogens is 430 g/mol. The van der Waals surface area contributed by atoms with Gasteiger partial charge >= 0.3 is 18.2 Å². The lowest BCUT2D eigenvalue weighted by atomic mass is 10.1. The highest BCUT2D eigenvalue weighted by atomic mass is 16.6. The number of esters is 1. The minimum absolute atomic E-state index is 0.0356. The van der Waals surface area contributed by atoms with Gasteiger partial charge in [0, 0.05) is 19.5 Å². The van der Waals surface area contributed by atoms with Gasteiger partial charge in [0.2, 0.25) is 5.91 Å². The second kappa shape index (κ2) is 15.3. The summed E-state index contributed by atoms with van der Waals surface area (Å²) in [6.45, 7) is 11.6. The predicted octanol–water partition coefficient (Wildman–Crippen LogP) is 3.42. The summed E-state index contributed by atoms with van der Waals surface area (Å²) in [5.41, 5.74) is -1.18. The summed E-state index contributed by atoms with van der Waals surface area (Å²) in [5.74, 6) is -0.572. The maximum atomic E-state index is 11.9. The maximum absolute atomic E-state index is 11.9. The lowest BCUT2D eigenvalue weighted by Crippen LogP contribution is -2.44. The second-order valence-corrected chi connectivity index (χ2v) is 9.81. The van der Waals surface area contributed by atoms with Crippen molar-refractivity contribution in [3.8, 4) is 0 Å². The first-order valence-corrected chi connectivity index (χ1v) is 11.5. The van der Waals surface area contributed by atoms with E-state index in [9.17, 15) is 19.2 Å². The number of ether oxygens (including phenoxy) is 3. The molecule has 0 rings (SSSR count). The summed E-state index contributed by atoms with van der Waals surface area (Å²) in [5, 5.41) is 8.07. The standard InChI is InChI=1S/C23H43N3O7/c1-22(2,3)32-20(29)25-16-11-8-9-14-18(27)24-15-12-10-13-17(19(28)31-7)26-21(30)33-23(4,5)6/h17H,8-16H2,1-7H3,(H,24,27)(H,25,29)(H,26,30)/t17-/m0/s1. The van der Waals surface area contributed by atoms with Crippen LogP contribution >= 0.6 is 0 Å². The number of carbonyl (C=O) groups is 4. The van der Waals surface area contributed by atoms with Crippen molar-refractivity contribution in [1.82, 2.24) is 16.0 Å². The number of alkyl carbamates (subject to hydrolysis) is 2. The summed E-state index contributed by atoms with van der Waals surface area (Å²) >= 11 is 0. The Morgan fingerprint density at radius 2 is 1.27 bits per heavy atom. The molecular formula is C23H43N3O7. The lowest BCUT2D eigenvalue weighted by molar-refractivity contribution is -0.143. The molecule has 10 heteroatoms. The summed E-state index contributed by atoms with van der Waals surface area (Å²) in [4.78, 5) is 47.2. The Hall–Kier alpha value is -2.52. The van der Waals surface area contributed by atoms with Crippen molar-refractivity contribution in [3.05, 3.63) is 0 Å². The minimum Gasteiger partial charge on any atom is -0.467 e. The van der Waals surface area contributed by atoms with Gasteiger partial charge in [-0.15, -0.1) is 0 Å². The van der Waals surface area contributed by atoms with Gasteiger partial charge in [-0.3, -0.25) is 4.79 Å². The van der Waals surface area contributed by atoms with E-state index in [0.29, 0.717) is 38.8 Å². The van der Waals surface area contributed by atoms with Gasteiger partial charge in [-0.25, -0.2) is 14.4 Å². The molecule has 3 amide bonds. The zero-order valence-corrected chi connectivity index (χ0v) is 21.3. The average molecular weight is 474 g/mol. The molecule has 0 aromatic carbocycles. The fourth-order valence-corrected chi connectivity index (χ4v) is 2.72. The highest BCUT2D eigenvalue weighted by Crippen LogP contribution is 2.09. The van der Waals surface area contributed by atoms with Gasteiger partial charge in [-0.1, -0.05) is 6.42 Å². The summed E-state index contributed by atoms with van der Waals surface area (Å²) < 4.78 is 15.1. The van der Waals surface area contributed by atoms with E-state index < -0.39 is 35.4 Å². The molecule has 10 nitrogen and oxygen atoms in total. The molecule has 0 aliphatic rings. The fourth-order valence-electron chi connectivity index (χ4n) is 2.72. The Morgan fingerprint density at radius 3 is 1.85 bits per heavy atom. The molecule has 0 aromatic heterocycles. The number of rotatable bonds is 13. The van der Waals surface area contributed by atoms with Crippen molar-refractivity contribution in [1.29, 1.82) is 0 Å². The van der Waals surface area contributed by atoms with Crippen molar-refractivity contribution < 1.29 is 33.4 Å². The molecule has 0 heterocycles. The van der Waals surface area contributed by atoms with Gasteiger partial charge in [0.15, 0.2) is 0 Å². The number of amides is 3. The van der Waals surface area contributed by atoms with Gasteiger partial charge in [-0.2, -0.15) is 0 Å². The molecule has 192 valence electrons. The van der Waals surface area contributed by atoms with Gasteiger partial charge < -0.3 is 30.2 Å². The molecule has 3 N–H and O–H groups in total. The topological polar surface area (TPSA) is 132 Å². The molecule has 1 atom stereocenters. The Morgan fingerprint density at radius 1 is 0.727 bits per heavy atom. The van der Waals surface area contributed by atoms with E-state index in [1.54, 1.807) is 20.8 Å². The Kier molecular flexibility index (Phi) is 14.2. The lowest BCUT2D eigenvalue weighted by Gasteiger charge is -2.22. The number of nitrogens with one attached hydrogen (secondary N) is 3. The molecule has 0 fully saturated rings. The molecule has 33 heavy (non-hydrogen) atoms. The van der Waals surface area contributed by atoms with Crippen LogP contribution < -0.4 is 16.0 Å². The smallest absolute Gasteiger partial charge is 0.408 e. The monoisotopic (exact) mass is 473 g/mol. The SMILES string of the molecule is COC(=O)[C@H](CCCCNC(=O)CCCCCNC(=O)OC(C)(C)C)NC(=O)OC(C)(C)C. The Balaban J connectivity index is 3.94. The van der Waals surface area contributed by atoms with Crippen molar-refractivity contribution in [2.45, 2.75) is 104 Å². The van der Waals surface area contributed by atoms with Crippen molar-refractivity contribution in [2.24, 2.45) is 0 Å². The van der Waals surface area contributed by atoms with E-state index in [1.165, 1.54) is 7.11 Å². The summed E-state index contributed by atoms with van der Waals surface area (Å²) in [6.07, 6.45) is 3.28. The number of hydrogen-bond acceptors (Lipinski definition) is 7. The molecule has 0 aliphatic heterocycles. The van der Waals surface area contributed by atoms with Crippen molar-refractivity contribution >= 4 is 24.1 Å². The predicted molar refractivity (Wildman–Crippen MR) is 125 cm³/mol. The molecule has 0 unspecified atom stereocenters. The van der Waals surface area contributed by atoms with Crippen LogP contribution in [0, 0.1) is 0 Å². The van der Waals surface area contributed by atoms with E-state index >= 15 is 0 Å². The number of methoxy groups -OCH3 is 1. The van der Waals surface area contributed by atoms with Crippen LogP contribution in [0.1, 0.15) is 86.5 Å². The van der Waals surface area contributed by atoms with Crippen LogP contribution in [-0.4, -0.2) is 61.5 Å². The summed E-state index contributed by atoms with van der Waals surface area (Å²) in [7, 11) is 1.26. The normalized spacial score (nSPS) is 12.3. The molecule has 0 aliphatic carbocycles.